The first-order chi connectivity index (χ1) is 50.7. The fourth-order valence-electron chi connectivity index (χ4n) is 7.73. The number of carbonyl (C=O) groups excluding carboxylic acids is 1. The van der Waals surface area contributed by atoms with Crippen LogP contribution in [0.25, 0.3) is 20.9 Å². The molecule has 0 aliphatic heterocycles. The number of ether oxygens (including phenoxy) is 3. The van der Waals surface area contributed by atoms with Crippen molar-refractivity contribution in [3.63, 3.8) is 0 Å². The normalized spacial score (nSPS) is 12.6. The largest absolute Gasteiger partial charge is 0.498 e. The molecule has 108 heavy (non-hydrogen) atoms. The molecule has 32 nitrogen and oxygen atoms in total. The number of unbranched alkanes of at least 4 members (excludes halogenated alkanes) is 1. The number of hydrogen-bond acceptors (Lipinski definition) is 22. The van der Waals surface area contributed by atoms with E-state index in [9.17, 15) is 4.79 Å². The Morgan fingerprint density at radius 2 is 1.06 bits per heavy atom. The summed E-state index contributed by atoms with van der Waals surface area (Å²) in [5.41, 5.74) is 22.1. The van der Waals surface area contributed by atoms with Crippen LogP contribution in [0.5, 0.6) is 0 Å². The number of aliphatic hydroxyl groups excluding tert-OH is 1. The van der Waals surface area contributed by atoms with E-state index in [0.717, 1.165) is 103 Å². The molecule has 2 aliphatic carbocycles. The van der Waals surface area contributed by atoms with Crippen LogP contribution in [0.15, 0.2) is 94.4 Å². The van der Waals surface area contributed by atoms with Gasteiger partial charge in [0, 0.05) is 80.8 Å². The molecular weight excluding hydrogens is 1370 g/mol. The maximum absolute atomic E-state index is 9.75. The van der Waals surface area contributed by atoms with Gasteiger partial charge in [-0.2, -0.15) is 30.8 Å². The summed E-state index contributed by atoms with van der Waals surface area (Å²) in [5, 5.41) is 76.8. The van der Waals surface area contributed by atoms with Gasteiger partial charge in [0.15, 0.2) is 6.29 Å². The minimum absolute atomic E-state index is 0.0167. The van der Waals surface area contributed by atoms with Gasteiger partial charge in [0.1, 0.15) is 17.5 Å². The van der Waals surface area contributed by atoms with E-state index in [2.05, 4.69) is 225 Å². The van der Waals surface area contributed by atoms with Gasteiger partial charge >= 0.3 is 0 Å². The quantitative estimate of drug-likeness (QED) is 0.0109. The summed E-state index contributed by atoms with van der Waals surface area (Å²) in [6.07, 6.45) is 38.5. The van der Waals surface area contributed by atoms with Crippen LogP contribution in [0.1, 0.15) is 263 Å². The lowest BCUT2D eigenvalue weighted by molar-refractivity contribution is 0.0732. The Labute approximate surface area is 644 Å². The molecule has 32 heteroatoms. The van der Waals surface area contributed by atoms with Gasteiger partial charge in [0.05, 0.1) is 120 Å². The fourth-order valence-corrected chi connectivity index (χ4v) is 7.73. The Kier molecular flexibility index (Phi) is 52.1. The van der Waals surface area contributed by atoms with Crippen LogP contribution in [-0.2, 0) is 64.1 Å². The summed E-state index contributed by atoms with van der Waals surface area (Å²) in [6, 6.07) is 0. The van der Waals surface area contributed by atoms with Crippen molar-refractivity contribution < 1.29 is 29.2 Å². The second-order valence-electron chi connectivity index (χ2n) is 30.5. The summed E-state index contributed by atoms with van der Waals surface area (Å²) in [4.78, 5) is 19.3. The number of azide groups is 2. The molecule has 6 aromatic heterocycles. The van der Waals surface area contributed by atoms with Crippen molar-refractivity contribution >= 4 is 6.29 Å². The van der Waals surface area contributed by atoms with Crippen LogP contribution in [0.4, 0.5) is 0 Å². The number of allylic oxidation sites excluding steroid dienone is 6. The van der Waals surface area contributed by atoms with E-state index in [1.165, 1.54) is 24.6 Å². The smallest absolute Gasteiger partial charge is 0.171 e. The Bertz CT molecular complexity index is 3600. The summed E-state index contributed by atoms with van der Waals surface area (Å²) in [7, 11) is 1.84. The first kappa shape index (κ1) is 101. The van der Waals surface area contributed by atoms with Crippen molar-refractivity contribution in [1.82, 2.24) is 101 Å². The van der Waals surface area contributed by atoms with Gasteiger partial charge in [-0.25, -0.2) is 14.0 Å². The number of aldehydes is 1. The van der Waals surface area contributed by atoms with Crippen molar-refractivity contribution in [2.75, 3.05) is 46.1 Å². The highest BCUT2D eigenvalue weighted by atomic mass is 16.5. The zero-order chi connectivity index (χ0) is 82.4. The second-order valence-corrected chi connectivity index (χ2v) is 30.5. The lowest BCUT2D eigenvalue weighted by Crippen LogP contribution is -2.24. The van der Waals surface area contributed by atoms with E-state index in [4.69, 9.17) is 48.3 Å². The maximum atomic E-state index is 9.75. The summed E-state index contributed by atoms with van der Waals surface area (Å²) in [5.74, 6) is 8.25. The second kappa shape index (κ2) is 55.9. The predicted octanol–water partition coefficient (Wildman–Crippen LogP) is 15.0. The van der Waals surface area contributed by atoms with Crippen LogP contribution >= 0.6 is 0 Å². The van der Waals surface area contributed by atoms with Gasteiger partial charge in [0.25, 0.3) is 0 Å². The predicted molar refractivity (Wildman–Crippen MR) is 426 cm³/mol. The number of nitrogens with one attached hydrogen (secondary N) is 2. The van der Waals surface area contributed by atoms with Gasteiger partial charge in [-0.05, 0) is 157 Å². The maximum Gasteiger partial charge on any atom is 0.171 e. The van der Waals surface area contributed by atoms with Gasteiger partial charge in [-0.1, -0.05) is 143 Å². The summed E-state index contributed by atoms with van der Waals surface area (Å²) in [6.45, 7) is 55.1. The number of rotatable bonds is 24. The first-order valence-corrected chi connectivity index (χ1v) is 36.8. The molecule has 6 aromatic rings. The van der Waals surface area contributed by atoms with Gasteiger partial charge in [-0.3, -0.25) is 19.3 Å². The molecule has 0 amide bonds. The first-order valence-electron chi connectivity index (χ1n) is 36.8. The van der Waals surface area contributed by atoms with Crippen LogP contribution in [0.3, 0.4) is 0 Å². The monoisotopic (exact) mass is 1510 g/mol. The molecule has 0 saturated heterocycles. The lowest BCUT2D eigenvalue weighted by Gasteiger charge is -2.18. The van der Waals surface area contributed by atoms with E-state index in [-0.39, 0.29) is 34.9 Å². The van der Waals surface area contributed by atoms with E-state index in [1.54, 1.807) is 31.6 Å². The molecule has 2 aliphatic rings. The number of aromatic amines is 2. The van der Waals surface area contributed by atoms with Gasteiger partial charge < -0.3 is 24.4 Å². The Hall–Kier alpha value is -9.39. The topological polar surface area (TPSA) is 395 Å². The number of aryl methyl sites for hydroxylation is 1. The van der Waals surface area contributed by atoms with Crippen molar-refractivity contribution in [3.05, 3.63) is 139 Å². The van der Waals surface area contributed by atoms with Crippen molar-refractivity contribution in [1.29, 1.82) is 0 Å². The number of aliphatic hydroxyl groups is 2. The molecule has 0 saturated carbocycles. The van der Waals surface area contributed by atoms with Crippen molar-refractivity contribution in [2.24, 2.45) is 23.2 Å². The summed E-state index contributed by atoms with van der Waals surface area (Å²) >= 11 is 0. The molecule has 1 atom stereocenters. The van der Waals surface area contributed by atoms with Gasteiger partial charge in [0.2, 0.25) is 0 Å². The van der Waals surface area contributed by atoms with E-state index < -0.39 is 5.60 Å². The molecular formula is C76H132N26O6. The Balaban J connectivity index is 0. The Morgan fingerprint density at radius 3 is 1.39 bits per heavy atom. The number of H-pyrrole nitrogens is 2. The molecule has 602 valence electrons. The fraction of sp³-hybridized carbons (Fsp3) is 0.671. The minimum Gasteiger partial charge on any atom is -0.498 e. The van der Waals surface area contributed by atoms with Crippen LogP contribution < -0.4 is 0 Å². The van der Waals surface area contributed by atoms with E-state index in [1.807, 2.05) is 105 Å². The summed E-state index contributed by atoms with van der Waals surface area (Å²) < 4.78 is 23.7. The zero-order valence-electron chi connectivity index (χ0n) is 69.9. The third-order valence-electron chi connectivity index (χ3n) is 12.9. The van der Waals surface area contributed by atoms with Gasteiger partial charge in [-0.15, -0.1) is 33.2 Å². The molecule has 0 bridgehead atoms. The molecule has 0 aromatic carbocycles. The molecule has 4 N–H and O–H groups in total. The molecule has 0 spiro atoms. The third-order valence-corrected chi connectivity index (χ3v) is 12.9. The van der Waals surface area contributed by atoms with Crippen LogP contribution in [-0.4, -0.2) is 174 Å². The highest BCUT2D eigenvalue weighted by molar-refractivity contribution is 5.70. The third kappa shape index (κ3) is 53.4. The van der Waals surface area contributed by atoms with Crippen molar-refractivity contribution in [2.45, 2.75) is 278 Å². The average Bonchev–Trinajstić information content (AvgIpc) is 1.72. The van der Waals surface area contributed by atoms with Crippen molar-refractivity contribution in [3.8, 4) is 24.7 Å². The molecule has 0 fully saturated rings. The number of carbonyl (C=O) groups is 1. The minimum atomic E-state index is -0.500. The molecule has 8 rings (SSSR count). The van der Waals surface area contributed by atoms with E-state index >= 15 is 0 Å². The number of terminal acetylenes is 2. The highest BCUT2D eigenvalue weighted by Crippen LogP contribution is 2.22. The number of aromatic nitrogens is 18. The standard InChI is InChI=1S/C14H21N7.C13H19N7.C11H18O2.C10H19N3O.C10H15N3O.C4H9N3.C4H10O.C4H10.C3H3N3O.C3H8/c1-6-7-20(9-12-8-19(5)17-15-12)10-13-11-21(18-16-13)14(2,3)4;1-5-6-19(8-11-7-14-17-15-11)9-12-10-20(18-16-12)13(2,3)4;1-2-3-8-13-11-6-4-10(9-12)5-7-11;1-6-14-8(2)9-7-13(12-11-9)10(3,4)5;1-2-7-14-10-5-3-9(4-6-10)8-12-13-11;1-4(2,3)6-7-5;1-4(2,3)5;1-4(2)3;7-2-3-1-4-6-5-3;1-3-2/h1,8,11H,7,9-10H2,2-5H3;1,7,10H,6,8-9H2,2-4H3,(H,14,15,17);4,6,12H,2-3,5,7-9H2,1H3;7-8H,6H2,1-5H3;3,5H,2,4,6-8H2,1H3;1-3H3;5H,1-3H3;4H,1-3H3;1-2H,(H,4,5,6);3H2,1-2H3. The SMILES string of the molecule is C#CCN(Cc1cn(C(C)(C)C)nn1)Cc1cn[nH]n1.C#CCN(Cc1cn(C)nn1)Cc1cn(C(C)(C)C)nn1.CC(C)(C)N=[N+]=[N-].CC(C)(C)O.CC(C)C.CCC.CCCCOC1=CC=C(CO)CC1.CCCOC1=CC=C(CN=[N+]=[N-])CC1.CCOC(C)c1cn(C(C)(C)C)nn1.O=Cc1cn[nH]n1. The van der Waals surface area contributed by atoms with Crippen LogP contribution in [0.2, 0.25) is 0 Å². The lowest BCUT2D eigenvalue weighted by atomic mass is 10.0. The highest BCUT2D eigenvalue weighted by Gasteiger charge is 2.21. The number of hydrogen-bond donors (Lipinski definition) is 4. The van der Waals surface area contributed by atoms with Crippen LogP contribution in [0, 0.1) is 30.6 Å². The average molecular weight is 1510 g/mol. The number of nitrogens with zero attached hydrogens (tertiary/aromatic N) is 24. The Morgan fingerprint density at radius 1 is 0.620 bits per heavy atom. The van der Waals surface area contributed by atoms with E-state index in [0.29, 0.717) is 64.4 Å². The molecule has 0 radical (unpaired) electrons. The molecule has 1 unspecified atom stereocenters. The molecule has 6 heterocycles. The zero-order valence-corrected chi connectivity index (χ0v) is 69.9.